The van der Waals surface area contributed by atoms with Crippen LogP contribution >= 0.6 is 0 Å². The molecule has 2 saturated carbocycles. The SMILES string of the molecule is O=C(CNC(C(=O)O)C1CC1)NC(=O)NC1CCCC1. The molecule has 7 nitrogen and oxygen atoms in total. The molecule has 20 heavy (non-hydrogen) atoms. The van der Waals surface area contributed by atoms with E-state index in [-0.39, 0.29) is 18.5 Å². The van der Waals surface area contributed by atoms with E-state index >= 15 is 0 Å². The molecule has 2 rings (SSSR count). The number of carbonyl (C=O) groups is 3. The Morgan fingerprint density at radius 3 is 2.30 bits per heavy atom. The Hall–Kier alpha value is -1.63. The number of amides is 3. The first-order valence-corrected chi connectivity index (χ1v) is 7.13. The zero-order valence-corrected chi connectivity index (χ0v) is 11.4. The van der Waals surface area contributed by atoms with Gasteiger partial charge in [0.2, 0.25) is 5.91 Å². The number of imide groups is 1. The molecule has 0 spiro atoms. The largest absolute Gasteiger partial charge is 0.480 e. The summed E-state index contributed by atoms with van der Waals surface area (Å²) in [7, 11) is 0. The first-order chi connectivity index (χ1) is 9.56. The fourth-order valence-corrected chi connectivity index (χ4v) is 2.55. The van der Waals surface area contributed by atoms with Crippen LogP contribution < -0.4 is 16.0 Å². The molecule has 2 aliphatic carbocycles. The van der Waals surface area contributed by atoms with E-state index in [0.29, 0.717) is 0 Å². The van der Waals surface area contributed by atoms with Gasteiger partial charge in [0.15, 0.2) is 0 Å². The average molecular weight is 283 g/mol. The molecule has 0 heterocycles. The predicted molar refractivity (Wildman–Crippen MR) is 71.1 cm³/mol. The van der Waals surface area contributed by atoms with Gasteiger partial charge in [-0.15, -0.1) is 0 Å². The predicted octanol–water partition coefficient (Wildman–Crippen LogP) is 0.208. The molecule has 0 aromatic heterocycles. The van der Waals surface area contributed by atoms with Gasteiger partial charge in [-0.1, -0.05) is 12.8 Å². The van der Waals surface area contributed by atoms with Gasteiger partial charge in [-0.3, -0.25) is 20.2 Å². The average Bonchev–Trinajstić information content (AvgIpc) is 3.07. The van der Waals surface area contributed by atoms with E-state index < -0.39 is 23.9 Å². The number of rotatable bonds is 6. The molecule has 3 amide bonds. The van der Waals surface area contributed by atoms with Crippen molar-refractivity contribution in [2.24, 2.45) is 5.92 Å². The summed E-state index contributed by atoms with van der Waals surface area (Å²) in [6, 6.07) is -1.05. The molecule has 0 saturated heterocycles. The summed E-state index contributed by atoms with van der Waals surface area (Å²) in [5.41, 5.74) is 0. The summed E-state index contributed by atoms with van der Waals surface area (Å²) in [6.07, 6.45) is 5.83. The molecule has 2 aliphatic rings. The summed E-state index contributed by atoms with van der Waals surface area (Å²) < 4.78 is 0. The van der Waals surface area contributed by atoms with Crippen molar-refractivity contribution in [1.29, 1.82) is 0 Å². The number of nitrogens with one attached hydrogen (secondary N) is 3. The van der Waals surface area contributed by atoms with Crippen molar-refractivity contribution in [3.63, 3.8) is 0 Å². The highest BCUT2D eigenvalue weighted by atomic mass is 16.4. The van der Waals surface area contributed by atoms with E-state index in [1.54, 1.807) is 0 Å². The second-order valence-electron chi connectivity index (χ2n) is 5.54. The lowest BCUT2D eigenvalue weighted by molar-refractivity contribution is -0.140. The third-order valence-corrected chi connectivity index (χ3v) is 3.79. The van der Waals surface area contributed by atoms with Crippen LogP contribution in [0.25, 0.3) is 0 Å². The minimum atomic E-state index is -0.948. The summed E-state index contributed by atoms with van der Waals surface area (Å²) in [4.78, 5) is 34.1. The Kier molecular flexibility index (Phi) is 4.94. The molecule has 2 fully saturated rings. The van der Waals surface area contributed by atoms with Crippen LogP contribution in [0.3, 0.4) is 0 Å². The van der Waals surface area contributed by atoms with Gasteiger partial charge in [-0.05, 0) is 31.6 Å². The molecular formula is C13H21N3O4. The molecule has 0 aromatic rings. The van der Waals surface area contributed by atoms with Crippen molar-refractivity contribution in [3.05, 3.63) is 0 Å². The number of aliphatic carboxylic acids is 1. The van der Waals surface area contributed by atoms with Crippen LogP contribution in [0.15, 0.2) is 0 Å². The zero-order valence-electron chi connectivity index (χ0n) is 11.4. The van der Waals surface area contributed by atoms with Gasteiger partial charge in [-0.2, -0.15) is 0 Å². The van der Waals surface area contributed by atoms with Crippen LogP contribution in [-0.4, -0.2) is 41.6 Å². The molecular weight excluding hydrogens is 262 g/mol. The van der Waals surface area contributed by atoms with Crippen molar-refractivity contribution in [2.75, 3.05) is 6.54 Å². The number of hydrogen-bond acceptors (Lipinski definition) is 4. The first kappa shape index (κ1) is 14.8. The van der Waals surface area contributed by atoms with Gasteiger partial charge in [0.05, 0.1) is 6.54 Å². The van der Waals surface area contributed by atoms with Crippen LogP contribution in [0.2, 0.25) is 0 Å². The van der Waals surface area contributed by atoms with Crippen LogP contribution in [-0.2, 0) is 9.59 Å². The summed E-state index contributed by atoms with van der Waals surface area (Å²) in [5, 5.41) is 16.6. The number of urea groups is 1. The van der Waals surface area contributed by atoms with Gasteiger partial charge < -0.3 is 10.4 Å². The lowest BCUT2D eigenvalue weighted by Gasteiger charge is -2.14. The maximum Gasteiger partial charge on any atom is 0.321 e. The van der Waals surface area contributed by atoms with Crippen molar-refractivity contribution >= 4 is 17.9 Å². The first-order valence-electron chi connectivity index (χ1n) is 7.13. The van der Waals surface area contributed by atoms with Crippen LogP contribution in [0.5, 0.6) is 0 Å². The van der Waals surface area contributed by atoms with Crippen molar-refractivity contribution in [1.82, 2.24) is 16.0 Å². The minimum Gasteiger partial charge on any atom is -0.480 e. The van der Waals surface area contributed by atoms with Gasteiger partial charge >= 0.3 is 12.0 Å². The third kappa shape index (κ3) is 4.48. The monoisotopic (exact) mass is 283 g/mol. The van der Waals surface area contributed by atoms with Crippen molar-refractivity contribution < 1.29 is 19.5 Å². The van der Waals surface area contributed by atoms with Crippen molar-refractivity contribution in [2.45, 2.75) is 50.6 Å². The molecule has 7 heteroatoms. The number of hydrogen-bond donors (Lipinski definition) is 4. The lowest BCUT2D eigenvalue weighted by Crippen LogP contribution is -2.49. The third-order valence-electron chi connectivity index (χ3n) is 3.79. The maximum absolute atomic E-state index is 11.6. The molecule has 0 radical (unpaired) electrons. The summed E-state index contributed by atoms with van der Waals surface area (Å²) in [5.74, 6) is -1.35. The Bertz CT molecular complexity index is 389. The van der Waals surface area contributed by atoms with E-state index in [1.165, 1.54) is 0 Å². The van der Waals surface area contributed by atoms with Gasteiger partial charge in [0, 0.05) is 6.04 Å². The molecule has 1 unspecified atom stereocenters. The molecule has 4 N–H and O–H groups in total. The highest BCUT2D eigenvalue weighted by molar-refractivity contribution is 5.95. The van der Waals surface area contributed by atoms with E-state index in [4.69, 9.17) is 5.11 Å². The van der Waals surface area contributed by atoms with Crippen LogP contribution in [0.1, 0.15) is 38.5 Å². The second-order valence-corrected chi connectivity index (χ2v) is 5.54. The Labute approximate surface area is 117 Å². The summed E-state index contributed by atoms with van der Waals surface area (Å²) >= 11 is 0. The smallest absolute Gasteiger partial charge is 0.321 e. The normalized spacial score (nSPS) is 20.4. The number of carbonyl (C=O) groups excluding carboxylic acids is 2. The standard InChI is InChI=1S/C13H21N3O4/c17-10(7-14-11(12(18)19)8-5-6-8)16-13(20)15-9-3-1-2-4-9/h8-9,11,14H,1-7H2,(H,18,19)(H2,15,16,17,20). The molecule has 0 bridgehead atoms. The second kappa shape index (κ2) is 6.69. The Balaban J connectivity index is 1.66. The quantitative estimate of drug-likeness (QED) is 0.557. The minimum absolute atomic E-state index is 0.104. The van der Waals surface area contributed by atoms with E-state index in [0.717, 1.165) is 38.5 Å². The number of carboxylic acid groups (broad SMARTS) is 1. The molecule has 112 valence electrons. The van der Waals surface area contributed by atoms with Crippen LogP contribution in [0.4, 0.5) is 4.79 Å². The van der Waals surface area contributed by atoms with Crippen LogP contribution in [0, 0.1) is 5.92 Å². The van der Waals surface area contributed by atoms with Gasteiger partial charge in [0.25, 0.3) is 0 Å². The highest BCUT2D eigenvalue weighted by Crippen LogP contribution is 2.32. The molecule has 1 atom stereocenters. The molecule has 0 aromatic carbocycles. The summed E-state index contributed by atoms with van der Waals surface area (Å²) in [6.45, 7) is -0.161. The number of carboxylic acids is 1. The van der Waals surface area contributed by atoms with E-state index in [1.807, 2.05) is 0 Å². The van der Waals surface area contributed by atoms with Gasteiger partial charge in [0.1, 0.15) is 6.04 Å². The Morgan fingerprint density at radius 2 is 1.75 bits per heavy atom. The fourth-order valence-electron chi connectivity index (χ4n) is 2.55. The Morgan fingerprint density at radius 1 is 1.10 bits per heavy atom. The zero-order chi connectivity index (χ0) is 14.5. The highest BCUT2D eigenvalue weighted by Gasteiger charge is 2.36. The maximum atomic E-state index is 11.6. The van der Waals surface area contributed by atoms with E-state index in [2.05, 4.69) is 16.0 Å². The fraction of sp³-hybridized carbons (Fsp3) is 0.769. The van der Waals surface area contributed by atoms with E-state index in [9.17, 15) is 14.4 Å². The topological polar surface area (TPSA) is 108 Å². The van der Waals surface area contributed by atoms with Gasteiger partial charge in [-0.25, -0.2) is 4.79 Å². The molecule has 0 aliphatic heterocycles. The lowest BCUT2D eigenvalue weighted by atomic mass is 10.2. The van der Waals surface area contributed by atoms with Crippen molar-refractivity contribution in [3.8, 4) is 0 Å².